The van der Waals surface area contributed by atoms with Crippen LogP contribution in [0.15, 0.2) is 12.1 Å². The van der Waals surface area contributed by atoms with Crippen LogP contribution in [0.2, 0.25) is 0 Å². The van der Waals surface area contributed by atoms with Crippen LogP contribution in [0.5, 0.6) is 11.5 Å². The predicted molar refractivity (Wildman–Crippen MR) is 120 cm³/mol. The molecule has 0 saturated carbocycles. The SMILES string of the molecule is COC(=O)NC1CN(CCCCCCCCC[C@H]2OC(=O)c3c(OC)cc(OC)cc32)C1. The van der Waals surface area contributed by atoms with Crippen molar-refractivity contribution < 1.29 is 28.5 Å². The summed E-state index contributed by atoms with van der Waals surface area (Å²) in [6.07, 6.45) is 8.54. The topological polar surface area (TPSA) is 86.3 Å². The van der Waals surface area contributed by atoms with Gasteiger partial charge >= 0.3 is 12.1 Å². The molecular weight excluding hydrogens is 412 g/mol. The molecule has 32 heavy (non-hydrogen) atoms. The zero-order chi connectivity index (χ0) is 22.9. The first kappa shape index (κ1) is 24.2. The molecule has 178 valence electrons. The van der Waals surface area contributed by atoms with E-state index in [9.17, 15) is 9.59 Å². The number of benzene rings is 1. The maximum atomic E-state index is 12.3. The summed E-state index contributed by atoms with van der Waals surface area (Å²) in [6.45, 7) is 2.93. The minimum atomic E-state index is -0.343. The summed E-state index contributed by atoms with van der Waals surface area (Å²) >= 11 is 0. The average molecular weight is 449 g/mol. The monoisotopic (exact) mass is 448 g/mol. The number of cyclic esters (lactones) is 1. The number of hydrogen-bond acceptors (Lipinski definition) is 7. The Bertz CT molecular complexity index is 778. The van der Waals surface area contributed by atoms with Crippen LogP contribution in [-0.4, -0.2) is 64.0 Å². The molecular formula is C24H36N2O6. The maximum absolute atomic E-state index is 12.3. The molecule has 1 fully saturated rings. The average Bonchev–Trinajstić information content (AvgIpc) is 3.10. The highest BCUT2D eigenvalue weighted by molar-refractivity contribution is 5.97. The molecule has 0 aromatic heterocycles. The summed E-state index contributed by atoms with van der Waals surface area (Å²) in [5.74, 6) is 0.886. The van der Waals surface area contributed by atoms with Gasteiger partial charge in [0.25, 0.3) is 0 Å². The second-order valence-electron chi connectivity index (χ2n) is 8.54. The van der Waals surface area contributed by atoms with Crippen molar-refractivity contribution in [3.63, 3.8) is 0 Å². The molecule has 0 spiro atoms. The van der Waals surface area contributed by atoms with Crippen LogP contribution in [0.4, 0.5) is 4.79 Å². The molecule has 0 unspecified atom stereocenters. The number of nitrogens with zero attached hydrogens (tertiary/aromatic N) is 1. The number of unbranched alkanes of at least 4 members (excludes halogenated alkanes) is 6. The first-order valence-electron chi connectivity index (χ1n) is 11.6. The molecule has 1 atom stereocenters. The highest BCUT2D eigenvalue weighted by Gasteiger charge is 2.34. The fourth-order valence-electron chi connectivity index (χ4n) is 4.45. The van der Waals surface area contributed by atoms with Crippen molar-refractivity contribution >= 4 is 12.1 Å². The normalized spacial score (nSPS) is 18.0. The lowest BCUT2D eigenvalue weighted by molar-refractivity contribution is 0.0361. The van der Waals surface area contributed by atoms with Crippen LogP contribution in [0.25, 0.3) is 0 Å². The van der Waals surface area contributed by atoms with Gasteiger partial charge in [0, 0.05) is 24.7 Å². The van der Waals surface area contributed by atoms with Crippen LogP contribution in [0.1, 0.15) is 73.4 Å². The van der Waals surface area contributed by atoms with E-state index in [1.807, 2.05) is 6.07 Å². The lowest BCUT2D eigenvalue weighted by Crippen LogP contribution is -2.59. The zero-order valence-electron chi connectivity index (χ0n) is 19.5. The van der Waals surface area contributed by atoms with Crippen molar-refractivity contribution in [2.24, 2.45) is 0 Å². The van der Waals surface area contributed by atoms with Gasteiger partial charge in [0.1, 0.15) is 23.2 Å². The number of nitrogens with one attached hydrogen (secondary N) is 1. The summed E-state index contributed by atoms with van der Waals surface area (Å²) in [7, 11) is 4.55. The van der Waals surface area contributed by atoms with Gasteiger partial charge in [-0.15, -0.1) is 0 Å². The van der Waals surface area contributed by atoms with Crippen molar-refractivity contribution in [3.05, 3.63) is 23.3 Å². The molecule has 1 aromatic carbocycles. The number of fused-ring (bicyclic) bond motifs is 1. The van der Waals surface area contributed by atoms with E-state index in [1.54, 1.807) is 20.3 Å². The Morgan fingerprint density at radius 2 is 1.72 bits per heavy atom. The summed E-state index contributed by atoms with van der Waals surface area (Å²) in [5.41, 5.74) is 1.41. The Balaban J connectivity index is 1.24. The third-order valence-corrected chi connectivity index (χ3v) is 6.27. The number of methoxy groups -OCH3 is 3. The Labute approximate surface area is 190 Å². The molecule has 0 bridgehead atoms. The number of alkyl carbamates (subject to hydrolysis) is 1. The predicted octanol–water partition coefficient (Wildman–Crippen LogP) is 4.08. The van der Waals surface area contributed by atoms with Crippen LogP contribution in [0, 0.1) is 0 Å². The molecule has 1 saturated heterocycles. The standard InChI is InChI=1S/C24H36N2O6/c1-29-18-13-19-20(32-23(27)22(19)21(14-18)30-2)11-9-7-5-4-6-8-10-12-26-15-17(16-26)25-24(28)31-3/h13-14,17,20H,4-12,15-16H2,1-3H3,(H,25,28)/t20-/m1/s1. The molecule has 0 radical (unpaired) electrons. The largest absolute Gasteiger partial charge is 0.497 e. The fraction of sp³-hybridized carbons (Fsp3) is 0.667. The number of esters is 1. The molecule has 0 aliphatic carbocycles. The van der Waals surface area contributed by atoms with Gasteiger partial charge in [-0.25, -0.2) is 9.59 Å². The summed E-state index contributed by atoms with van der Waals surface area (Å²) in [5, 5.41) is 2.82. The number of carbonyl (C=O) groups excluding carboxylic acids is 2. The highest BCUT2D eigenvalue weighted by Crippen LogP contribution is 2.41. The molecule has 1 aromatic rings. The Morgan fingerprint density at radius 1 is 1.03 bits per heavy atom. The van der Waals surface area contributed by atoms with E-state index in [2.05, 4.69) is 15.0 Å². The van der Waals surface area contributed by atoms with Crippen LogP contribution in [0.3, 0.4) is 0 Å². The minimum Gasteiger partial charge on any atom is -0.497 e. The van der Waals surface area contributed by atoms with Gasteiger partial charge < -0.3 is 24.3 Å². The van der Waals surface area contributed by atoms with E-state index in [0.29, 0.717) is 17.1 Å². The van der Waals surface area contributed by atoms with E-state index in [0.717, 1.165) is 44.5 Å². The van der Waals surface area contributed by atoms with E-state index < -0.39 is 0 Å². The van der Waals surface area contributed by atoms with E-state index in [1.165, 1.54) is 39.2 Å². The summed E-state index contributed by atoms with van der Waals surface area (Å²) < 4.78 is 20.9. The van der Waals surface area contributed by atoms with Gasteiger partial charge in [-0.05, 0) is 31.9 Å². The molecule has 8 heteroatoms. The molecule has 2 heterocycles. The van der Waals surface area contributed by atoms with Gasteiger partial charge in [-0.2, -0.15) is 0 Å². The van der Waals surface area contributed by atoms with Crippen molar-refractivity contribution in [1.82, 2.24) is 10.2 Å². The molecule has 1 amide bonds. The van der Waals surface area contributed by atoms with Crippen molar-refractivity contribution in [1.29, 1.82) is 0 Å². The van der Waals surface area contributed by atoms with E-state index >= 15 is 0 Å². The van der Waals surface area contributed by atoms with Gasteiger partial charge in [-0.3, -0.25) is 4.90 Å². The third kappa shape index (κ3) is 6.28. The lowest BCUT2D eigenvalue weighted by atomic mass is 9.98. The quantitative estimate of drug-likeness (QED) is 0.359. The van der Waals surface area contributed by atoms with Crippen molar-refractivity contribution in [2.45, 2.75) is 63.5 Å². The zero-order valence-corrected chi connectivity index (χ0v) is 19.5. The fourth-order valence-corrected chi connectivity index (χ4v) is 4.45. The number of amides is 1. The van der Waals surface area contributed by atoms with Gasteiger partial charge in [0.2, 0.25) is 0 Å². The molecule has 8 nitrogen and oxygen atoms in total. The Kier molecular flexibility index (Phi) is 9.02. The third-order valence-electron chi connectivity index (χ3n) is 6.27. The number of carbonyl (C=O) groups is 2. The van der Waals surface area contributed by atoms with Gasteiger partial charge in [-0.1, -0.05) is 32.1 Å². The minimum absolute atomic E-state index is 0.212. The molecule has 2 aliphatic rings. The summed E-state index contributed by atoms with van der Waals surface area (Å²) in [4.78, 5) is 25.8. The Morgan fingerprint density at radius 3 is 2.38 bits per heavy atom. The van der Waals surface area contributed by atoms with Crippen LogP contribution >= 0.6 is 0 Å². The van der Waals surface area contributed by atoms with Gasteiger partial charge in [0.15, 0.2) is 0 Å². The second kappa shape index (κ2) is 11.9. The first-order chi connectivity index (χ1) is 15.5. The number of likely N-dealkylation sites (tertiary alicyclic amines) is 1. The molecule has 2 aliphatic heterocycles. The van der Waals surface area contributed by atoms with Crippen LogP contribution < -0.4 is 14.8 Å². The number of ether oxygens (including phenoxy) is 4. The van der Waals surface area contributed by atoms with Crippen molar-refractivity contribution in [2.75, 3.05) is 41.0 Å². The lowest BCUT2D eigenvalue weighted by Gasteiger charge is -2.39. The first-order valence-corrected chi connectivity index (χ1v) is 11.6. The van der Waals surface area contributed by atoms with Crippen molar-refractivity contribution in [3.8, 4) is 11.5 Å². The van der Waals surface area contributed by atoms with E-state index in [-0.39, 0.29) is 24.2 Å². The number of hydrogen-bond donors (Lipinski definition) is 1. The van der Waals surface area contributed by atoms with Crippen LogP contribution in [-0.2, 0) is 9.47 Å². The number of rotatable bonds is 13. The smallest absolute Gasteiger partial charge is 0.407 e. The maximum Gasteiger partial charge on any atom is 0.407 e. The van der Waals surface area contributed by atoms with Gasteiger partial charge in [0.05, 0.1) is 27.4 Å². The second-order valence-corrected chi connectivity index (χ2v) is 8.54. The summed E-state index contributed by atoms with van der Waals surface area (Å²) in [6, 6.07) is 3.84. The van der Waals surface area contributed by atoms with E-state index in [4.69, 9.17) is 14.2 Å². The molecule has 1 N–H and O–H groups in total. The highest BCUT2D eigenvalue weighted by atomic mass is 16.6. The Hall–Kier alpha value is -2.48. The molecule has 3 rings (SSSR count).